The van der Waals surface area contributed by atoms with Gasteiger partial charge in [-0.1, -0.05) is 6.07 Å². The predicted molar refractivity (Wildman–Crippen MR) is 111 cm³/mol. The molecule has 0 unspecified atom stereocenters. The lowest BCUT2D eigenvalue weighted by Gasteiger charge is -2.34. The number of aromatic nitrogens is 3. The fraction of sp³-hybridized carbons (Fsp3) is 0.435. The molecule has 1 aromatic carbocycles. The van der Waals surface area contributed by atoms with Gasteiger partial charge < -0.3 is 9.64 Å². The minimum Gasteiger partial charge on any atom is -0.496 e. The molecule has 0 N–H and O–H groups in total. The third-order valence-electron chi connectivity index (χ3n) is 6.38. The van der Waals surface area contributed by atoms with Gasteiger partial charge in [-0.25, -0.2) is 4.39 Å². The van der Waals surface area contributed by atoms with Crippen LogP contribution in [0.15, 0.2) is 30.5 Å². The smallest absolute Gasteiger partial charge is 0.180 e. The fourth-order valence-corrected chi connectivity index (χ4v) is 4.58. The number of benzene rings is 1. The van der Waals surface area contributed by atoms with Gasteiger partial charge in [0.25, 0.3) is 0 Å². The van der Waals surface area contributed by atoms with Crippen molar-refractivity contribution in [1.82, 2.24) is 14.6 Å². The van der Waals surface area contributed by atoms with Crippen molar-refractivity contribution in [2.24, 2.45) is 5.92 Å². The molecule has 1 aliphatic heterocycles. The second-order valence-corrected chi connectivity index (χ2v) is 8.26. The first kappa shape index (κ1) is 18.9. The summed E-state index contributed by atoms with van der Waals surface area (Å²) in [4.78, 5) is 2.21. The lowest BCUT2D eigenvalue weighted by atomic mass is 9.88. The Morgan fingerprint density at radius 2 is 1.97 bits per heavy atom. The molecule has 1 aliphatic carbocycles. The third kappa shape index (κ3) is 3.26. The zero-order valence-corrected chi connectivity index (χ0v) is 17.0. The molecule has 6 nitrogen and oxygen atoms in total. The van der Waals surface area contributed by atoms with E-state index in [1.165, 1.54) is 18.9 Å². The van der Waals surface area contributed by atoms with Gasteiger partial charge in [-0.2, -0.15) is 5.26 Å². The van der Waals surface area contributed by atoms with Crippen LogP contribution in [0.1, 0.15) is 48.6 Å². The highest BCUT2D eigenvalue weighted by molar-refractivity contribution is 5.71. The number of methoxy groups -OCH3 is 1. The summed E-state index contributed by atoms with van der Waals surface area (Å²) >= 11 is 0. The van der Waals surface area contributed by atoms with Crippen molar-refractivity contribution in [2.75, 3.05) is 25.1 Å². The van der Waals surface area contributed by atoms with Crippen LogP contribution in [0.2, 0.25) is 0 Å². The second kappa shape index (κ2) is 7.60. The molecule has 0 radical (unpaired) electrons. The number of piperidine rings is 1. The van der Waals surface area contributed by atoms with E-state index in [0.29, 0.717) is 28.4 Å². The van der Waals surface area contributed by atoms with Crippen LogP contribution in [0.25, 0.3) is 5.65 Å². The third-order valence-corrected chi connectivity index (χ3v) is 6.38. The van der Waals surface area contributed by atoms with Gasteiger partial charge in [0.05, 0.1) is 12.8 Å². The molecule has 154 valence electrons. The highest BCUT2D eigenvalue weighted by atomic mass is 19.1. The molecule has 5 rings (SSSR count). The van der Waals surface area contributed by atoms with E-state index in [9.17, 15) is 9.65 Å². The molecule has 2 fully saturated rings. The van der Waals surface area contributed by atoms with E-state index in [0.717, 1.165) is 43.9 Å². The van der Waals surface area contributed by atoms with Crippen molar-refractivity contribution in [1.29, 1.82) is 5.26 Å². The first-order valence-corrected chi connectivity index (χ1v) is 10.5. The molecule has 0 atom stereocenters. The lowest BCUT2D eigenvalue weighted by Crippen LogP contribution is -2.34. The molecule has 3 heterocycles. The Morgan fingerprint density at radius 1 is 1.17 bits per heavy atom. The molecule has 0 amide bonds. The maximum Gasteiger partial charge on any atom is 0.180 e. The van der Waals surface area contributed by atoms with E-state index in [4.69, 9.17) is 4.74 Å². The van der Waals surface area contributed by atoms with Crippen LogP contribution in [-0.4, -0.2) is 34.8 Å². The minimum atomic E-state index is -0.210. The first-order valence-electron chi connectivity index (χ1n) is 10.5. The zero-order chi connectivity index (χ0) is 20.7. The summed E-state index contributed by atoms with van der Waals surface area (Å²) in [6.45, 7) is 1.49. The fourth-order valence-electron chi connectivity index (χ4n) is 4.58. The van der Waals surface area contributed by atoms with Crippen LogP contribution in [0.5, 0.6) is 5.75 Å². The quantitative estimate of drug-likeness (QED) is 0.640. The van der Waals surface area contributed by atoms with Crippen LogP contribution in [0.4, 0.5) is 10.1 Å². The molecule has 0 spiro atoms. The summed E-state index contributed by atoms with van der Waals surface area (Å²) in [5, 5.41) is 18.5. The van der Waals surface area contributed by atoms with E-state index in [-0.39, 0.29) is 11.7 Å². The zero-order valence-electron chi connectivity index (χ0n) is 17.0. The van der Waals surface area contributed by atoms with Crippen LogP contribution >= 0.6 is 0 Å². The van der Waals surface area contributed by atoms with Gasteiger partial charge in [0.2, 0.25) is 0 Å². The van der Waals surface area contributed by atoms with Gasteiger partial charge in [-0.15, -0.1) is 10.2 Å². The number of hydrogen-bond donors (Lipinski definition) is 0. The minimum absolute atomic E-state index is 0.102. The van der Waals surface area contributed by atoms with Gasteiger partial charge in [-0.05, 0) is 55.7 Å². The van der Waals surface area contributed by atoms with Gasteiger partial charge in [0, 0.05) is 31.3 Å². The molecular weight excluding hydrogens is 381 g/mol. The SMILES string of the molecule is COc1cccc(F)c1C1CCN(c2ccn3c(CC4CC4)nnc3c2C#N)CC1. The monoisotopic (exact) mass is 405 g/mol. The molecule has 7 heteroatoms. The number of rotatable bonds is 5. The molecule has 3 aromatic rings. The Kier molecular flexibility index (Phi) is 4.78. The normalized spacial score (nSPS) is 17.3. The van der Waals surface area contributed by atoms with Crippen LogP contribution in [0.3, 0.4) is 0 Å². The largest absolute Gasteiger partial charge is 0.496 e. The summed E-state index contributed by atoms with van der Waals surface area (Å²) in [6, 6.07) is 9.33. The number of hydrogen-bond acceptors (Lipinski definition) is 5. The predicted octanol–water partition coefficient (Wildman–Crippen LogP) is 4.09. The number of pyridine rings is 1. The summed E-state index contributed by atoms with van der Waals surface area (Å²) in [6.07, 6.45) is 7.00. The van der Waals surface area contributed by atoms with Crippen molar-refractivity contribution in [3.05, 3.63) is 53.2 Å². The summed E-state index contributed by atoms with van der Waals surface area (Å²) < 4.78 is 21.8. The lowest BCUT2D eigenvalue weighted by molar-refractivity contribution is 0.388. The van der Waals surface area contributed by atoms with E-state index in [1.54, 1.807) is 13.2 Å². The highest BCUT2D eigenvalue weighted by Gasteiger charge is 2.28. The highest BCUT2D eigenvalue weighted by Crippen LogP contribution is 2.38. The summed E-state index contributed by atoms with van der Waals surface area (Å²) in [7, 11) is 1.58. The van der Waals surface area contributed by atoms with Gasteiger partial charge in [0.15, 0.2) is 5.65 Å². The summed E-state index contributed by atoms with van der Waals surface area (Å²) in [5.41, 5.74) is 2.74. The molecular formula is C23H24FN5O. The van der Waals surface area contributed by atoms with Gasteiger partial charge in [0.1, 0.15) is 29.0 Å². The number of ether oxygens (including phenoxy) is 1. The van der Waals surface area contributed by atoms with Crippen molar-refractivity contribution < 1.29 is 9.13 Å². The topological polar surface area (TPSA) is 66.5 Å². The number of halogens is 1. The molecule has 0 bridgehead atoms. The number of fused-ring (bicyclic) bond motifs is 1. The Bertz CT molecular complexity index is 1120. The number of nitriles is 1. The second-order valence-electron chi connectivity index (χ2n) is 8.26. The molecule has 2 aromatic heterocycles. The van der Waals surface area contributed by atoms with Crippen LogP contribution < -0.4 is 9.64 Å². The maximum absolute atomic E-state index is 14.5. The molecule has 30 heavy (non-hydrogen) atoms. The Morgan fingerprint density at radius 3 is 2.67 bits per heavy atom. The summed E-state index contributed by atoms with van der Waals surface area (Å²) in [5.74, 6) is 2.14. The first-order chi connectivity index (χ1) is 14.7. The van der Waals surface area contributed by atoms with E-state index in [2.05, 4.69) is 21.2 Å². The Balaban J connectivity index is 1.39. The van der Waals surface area contributed by atoms with Crippen molar-refractivity contribution in [3.63, 3.8) is 0 Å². The van der Waals surface area contributed by atoms with Crippen LogP contribution in [-0.2, 0) is 6.42 Å². The average Bonchev–Trinajstić information content (AvgIpc) is 3.51. The van der Waals surface area contributed by atoms with E-state index >= 15 is 0 Å². The van der Waals surface area contributed by atoms with Crippen LogP contribution in [0, 0.1) is 23.1 Å². The van der Waals surface area contributed by atoms with Crippen molar-refractivity contribution >= 4 is 11.3 Å². The van der Waals surface area contributed by atoms with Gasteiger partial charge in [-0.3, -0.25) is 4.40 Å². The van der Waals surface area contributed by atoms with E-state index in [1.807, 2.05) is 22.7 Å². The average molecular weight is 405 g/mol. The Hall–Kier alpha value is -3.14. The molecule has 1 saturated heterocycles. The number of anilines is 1. The Labute approximate surface area is 174 Å². The van der Waals surface area contributed by atoms with Crippen molar-refractivity contribution in [2.45, 2.75) is 38.0 Å². The molecule has 2 aliphatic rings. The van der Waals surface area contributed by atoms with Crippen molar-refractivity contribution in [3.8, 4) is 11.8 Å². The maximum atomic E-state index is 14.5. The van der Waals surface area contributed by atoms with E-state index < -0.39 is 0 Å². The number of nitrogens with zero attached hydrogens (tertiary/aromatic N) is 5. The van der Waals surface area contributed by atoms with Gasteiger partial charge >= 0.3 is 0 Å². The molecule has 1 saturated carbocycles. The standard InChI is InChI=1S/C23H24FN5O/c1-30-20-4-2-3-18(24)22(20)16-7-10-28(11-8-16)19-9-12-29-21(13-15-5-6-15)26-27-23(29)17(19)14-25/h2-4,9,12,15-16H,5-8,10-11,13H2,1H3.